The lowest BCUT2D eigenvalue weighted by atomic mass is 10.3. The van der Waals surface area contributed by atoms with Crippen LogP contribution in [0.5, 0.6) is 5.75 Å². The summed E-state index contributed by atoms with van der Waals surface area (Å²) in [6.07, 6.45) is 0.844. The number of nitrogens with zero attached hydrogens (tertiary/aromatic N) is 1. The van der Waals surface area contributed by atoms with Crippen LogP contribution in [0.4, 0.5) is 5.69 Å². The van der Waals surface area contributed by atoms with Crippen LogP contribution in [-0.4, -0.2) is 49.3 Å². The predicted molar refractivity (Wildman–Crippen MR) is 131 cm³/mol. The van der Waals surface area contributed by atoms with Gasteiger partial charge in [0.2, 0.25) is 0 Å². The van der Waals surface area contributed by atoms with Gasteiger partial charge in [-0.3, -0.25) is 9.20 Å². The van der Waals surface area contributed by atoms with E-state index in [0.29, 0.717) is 31.5 Å². The Balaban J connectivity index is 0.00000420. The molecule has 1 unspecified atom stereocenters. The Morgan fingerprint density at radius 2 is 1.90 bits per heavy atom. The molecule has 0 fully saturated rings. The van der Waals surface area contributed by atoms with E-state index in [1.165, 1.54) is 0 Å². The van der Waals surface area contributed by atoms with Gasteiger partial charge in [-0.25, -0.2) is 0 Å². The van der Waals surface area contributed by atoms with E-state index < -0.39 is 10.8 Å². The first-order chi connectivity index (χ1) is 13.7. The summed E-state index contributed by atoms with van der Waals surface area (Å²) < 4.78 is 23.1. The molecule has 0 spiro atoms. The summed E-state index contributed by atoms with van der Waals surface area (Å²) in [4.78, 5) is 5.36. The maximum atomic E-state index is 12.3. The molecule has 0 heterocycles. The van der Waals surface area contributed by atoms with Crippen molar-refractivity contribution in [3.63, 3.8) is 0 Å². The highest BCUT2D eigenvalue weighted by atomic mass is 127. The van der Waals surface area contributed by atoms with Crippen LogP contribution in [-0.2, 0) is 15.5 Å². The van der Waals surface area contributed by atoms with E-state index in [1.54, 1.807) is 7.11 Å². The predicted octanol–water partition coefficient (Wildman–Crippen LogP) is 3.91. The highest BCUT2D eigenvalue weighted by Crippen LogP contribution is 2.17. The van der Waals surface area contributed by atoms with Crippen molar-refractivity contribution < 1.29 is 13.7 Å². The van der Waals surface area contributed by atoms with Crippen molar-refractivity contribution in [3.05, 3.63) is 54.6 Å². The number of hydrogen-bond acceptors (Lipinski definition) is 4. The van der Waals surface area contributed by atoms with Crippen LogP contribution in [0.25, 0.3) is 0 Å². The quantitative estimate of drug-likeness (QED) is 0.199. The van der Waals surface area contributed by atoms with Crippen molar-refractivity contribution in [3.8, 4) is 5.75 Å². The second-order valence-electron chi connectivity index (χ2n) is 5.97. The fourth-order valence-corrected chi connectivity index (χ4v) is 3.38. The monoisotopic (exact) mass is 531 g/mol. The molecule has 0 bridgehead atoms. The standard InChI is InChI=1S/C21H29N3O3S.HI/c1-3-22-21(23-13-16-28(25)20-11-5-4-6-12-20)24-18-9-7-10-19(17-18)27-15-8-14-26-2;/h4-7,9-12,17H,3,8,13-16H2,1-2H3,(H2,22,23,24);1H. The van der Waals surface area contributed by atoms with E-state index in [1.807, 2.05) is 61.5 Å². The number of benzene rings is 2. The summed E-state index contributed by atoms with van der Waals surface area (Å²) >= 11 is 0. The second kappa shape index (κ2) is 15.2. The lowest BCUT2D eigenvalue weighted by Crippen LogP contribution is -2.31. The SMILES string of the molecule is CCNC(=NCCS(=O)c1ccccc1)Nc1cccc(OCCCOC)c1.I. The molecule has 0 amide bonds. The zero-order valence-electron chi connectivity index (χ0n) is 16.9. The topological polar surface area (TPSA) is 72.0 Å². The first-order valence-electron chi connectivity index (χ1n) is 9.43. The fraction of sp³-hybridized carbons (Fsp3) is 0.381. The van der Waals surface area contributed by atoms with Gasteiger partial charge in [-0.1, -0.05) is 24.3 Å². The molecule has 2 rings (SSSR count). The van der Waals surface area contributed by atoms with E-state index >= 15 is 0 Å². The van der Waals surface area contributed by atoms with Crippen molar-refractivity contribution in [1.82, 2.24) is 5.32 Å². The van der Waals surface area contributed by atoms with Crippen LogP contribution in [0.1, 0.15) is 13.3 Å². The highest BCUT2D eigenvalue weighted by molar-refractivity contribution is 14.0. The summed E-state index contributed by atoms with van der Waals surface area (Å²) in [5.74, 6) is 1.93. The molecular weight excluding hydrogens is 501 g/mol. The molecule has 0 saturated carbocycles. The first kappa shape index (κ1) is 25.4. The van der Waals surface area contributed by atoms with Gasteiger partial charge >= 0.3 is 0 Å². The van der Waals surface area contributed by atoms with Crippen molar-refractivity contribution in [2.24, 2.45) is 4.99 Å². The summed E-state index contributed by atoms with van der Waals surface area (Å²) in [5.41, 5.74) is 0.883. The minimum atomic E-state index is -1.05. The third-order valence-corrected chi connectivity index (χ3v) is 5.11. The smallest absolute Gasteiger partial charge is 0.195 e. The van der Waals surface area contributed by atoms with Gasteiger partial charge in [0.25, 0.3) is 0 Å². The zero-order valence-corrected chi connectivity index (χ0v) is 20.1. The normalized spacial score (nSPS) is 12.0. The van der Waals surface area contributed by atoms with Crippen LogP contribution in [0.3, 0.4) is 0 Å². The third kappa shape index (κ3) is 10.1. The minimum Gasteiger partial charge on any atom is -0.493 e. The molecule has 2 aromatic rings. The van der Waals surface area contributed by atoms with Gasteiger partial charge < -0.3 is 20.1 Å². The Hall–Kier alpha value is -1.65. The molecule has 0 aliphatic heterocycles. The summed E-state index contributed by atoms with van der Waals surface area (Å²) in [7, 11) is 0.630. The minimum absolute atomic E-state index is 0. The van der Waals surface area contributed by atoms with Gasteiger partial charge in [-0.15, -0.1) is 24.0 Å². The molecule has 0 aliphatic carbocycles. The molecule has 8 heteroatoms. The van der Waals surface area contributed by atoms with Crippen molar-refractivity contribution in [2.45, 2.75) is 18.2 Å². The van der Waals surface area contributed by atoms with Crippen LogP contribution < -0.4 is 15.4 Å². The molecule has 1 atom stereocenters. The Morgan fingerprint density at radius 3 is 2.62 bits per heavy atom. The van der Waals surface area contributed by atoms with Gasteiger partial charge in [-0.2, -0.15) is 0 Å². The molecular formula is C21H30IN3O3S. The first-order valence-corrected chi connectivity index (χ1v) is 10.8. The summed E-state index contributed by atoms with van der Waals surface area (Å²) in [6.45, 7) is 4.50. The van der Waals surface area contributed by atoms with Crippen molar-refractivity contribution in [1.29, 1.82) is 0 Å². The maximum Gasteiger partial charge on any atom is 0.195 e. The van der Waals surface area contributed by atoms with Gasteiger partial charge in [0.1, 0.15) is 5.75 Å². The number of methoxy groups -OCH3 is 1. The lowest BCUT2D eigenvalue weighted by Gasteiger charge is -2.13. The Labute approximate surface area is 193 Å². The van der Waals surface area contributed by atoms with E-state index in [4.69, 9.17) is 9.47 Å². The Kier molecular flexibility index (Phi) is 13.3. The molecule has 0 saturated heterocycles. The van der Waals surface area contributed by atoms with Gasteiger partial charge in [0.15, 0.2) is 5.96 Å². The van der Waals surface area contributed by atoms with Crippen LogP contribution >= 0.6 is 24.0 Å². The van der Waals surface area contributed by atoms with Crippen LogP contribution in [0, 0.1) is 0 Å². The second-order valence-corrected chi connectivity index (χ2v) is 7.54. The zero-order chi connectivity index (χ0) is 20.0. The number of guanidine groups is 1. The van der Waals surface area contributed by atoms with Crippen molar-refractivity contribution in [2.75, 3.05) is 44.5 Å². The average molecular weight is 531 g/mol. The van der Waals surface area contributed by atoms with E-state index in [2.05, 4.69) is 15.6 Å². The van der Waals surface area contributed by atoms with E-state index in [-0.39, 0.29) is 24.0 Å². The van der Waals surface area contributed by atoms with Crippen molar-refractivity contribution >= 4 is 46.4 Å². The van der Waals surface area contributed by atoms with E-state index in [9.17, 15) is 4.21 Å². The Bertz CT molecular complexity index is 760. The van der Waals surface area contributed by atoms with Gasteiger partial charge in [0, 0.05) is 49.1 Å². The largest absolute Gasteiger partial charge is 0.493 e. The number of anilines is 1. The molecule has 0 radical (unpaired) electrons. The summed E-state index contributed by atoms with van der Waals surface area (Å²) in [5, 5.41) is 6.48. The number of aliphatic imine (C=N–C) groups is 1. The third-order valence-electron chi connectivity index (χ3n) is 3.76. The molecule has 2 N–H and O–H groups in total. The fourth-order valence-electron chi connectivity index (χ4n) is 2.43. The number of nitrogens with one attached hydrogen (secondary N) is 2. The maximum absolute atomic E-state index is 12.3. The van der Waals surface area contributed by atoms with Crippen LogP contribution in [0.15, 0.2) is 64.5 Å². The number of halogens is 1. The highest BCUT2D eigenvalue weighted by Gasteiger charge is 2.04. The van der Waals surface area contributed by atoms with Gasteiger partial charge in [-0.05, 0) is 31.2 Å². The number of ether oxygens (including phenoxy) is 2. The van der Waals surface area contributed by atoms with Gasteiger partial charge in [0.05, 0.1) is 24.0 Å². The molecule has 29 heavy (non-hydrogen) atoms. The lowest BCUT2D eigenvalue weighted by molar-refractivity contribution is 0.172. The summed E-state index contributed by atoms with van der Waals surface area (Å²) in [6, 6.07) is 17.2. The molecule has 0 aliphatic rings. The molecule has 2 aromatic carbocycles. The van der Waals surface area contributed by atoms with Crippen LogP contribution in [0.2, 0.25) is 0 Å². The average Bonchev–Trinajstić information content (AvgIpc) is 2.72. The number of hydrogen-bond donors (Lipinski definition) is 2. The molecule has 6 nitrogen and oxygen atoms in total. The van der Waals surface area contributed by atoms with E-state index in [0.717, 1.165) is 29.3 Å². The molecule has 160 valence electrons. The number of rotatable bonds is 11. The Morgan fingerprint density at radius 1 is 1.10 bits per heavy atom. The molecule has 0 aromatic heterocycles.